The minimum Gasteiger partial charge on any atom is -0.311 e. The molecule has 0 fully saturated rings. The van der Waals surface area contributed by atoms with Gasteiger partial charge in [-0.15, -0.1) is 0 Å². The lowest BCUT2D eigenvalue weighted by Crippen LogP contribution is -2.15. The van der Waals surface area contributed by atoms with Crippen LogP contribution in [0.1, 0.15) is 11.3 Å². The molecule has 0 aliphatic carbocycles. The highest BCUT2D eigenvalue weighted by molar-refractivity contribution is 5.91. The number of pyridine rings is 1. The van der Waals surface area contributed by atoms with Crippen molar-refractivity contribution < 1.29 is 4.79 Å². The number of rotatable bonds is 3. The molecular formula is C11H12N4O. The minimum atomic E-state index is -0.111. The van der Waals surface area contributed by atoms with Gasteiger partial charge in [-0.25, -0.2) is 0 Å². The lowest BCUT2D eigenvalue weighted by molar-refractivity contribution is -0.115. The summed E-state index contributed by atoms with van der Waals surface area (Å²) in [6, 6.07) is 5.48. The van der Waals surface area contributed by atoms with E-state index in [-0.39, 0.29) is 12.3 Å². The Labute approximate surface area is 92.9 Å². The smallest absolute Gasteiger partial charge is 0.231 e. The van der Waals surface area contributed by atoms with Gasteiger partial charge in [0.2, 0.25) is 5.91 Å². The maximum atomic E-state index is 11.6. The molecule has 0 unspecified atom stereocenters. The number of H-pyrrole nitrogens is 1. The van der Waals surface area contributed by atoms with Gasteiger partial charge >= 0.3 is 0 Å². The van der Waals surface area contributed by atoms with Crippen molar-refractivity contribution in [3.8, 4) is 0 Å². The molecule has 1 amide bonds. The predicted octanol–water partition coefficient (Wildman–Crippen LogP) is 1.29. The Kier molecular flexibility index (Phi) is 2.95. The van der Waals surface area contributed by atoms with E-state index in [1.807, 2.05) is 19.1 Å². The van der Waals surface area contributed by atoms with Crippen LogP contribution >= 0.6 is 0 Å². The molecule has 82 valence electrons. The van der Waals surface area contributed by atoms with E-state index in [9.17, 15) is 4.79 Å². The van der Waals surface area contributed by atoms with Crippen molar-refractivity contribution in [1.29, 1.82) is 0 Å². The van der Waals surface area contributed by atoms with Gasteiger partial charge in [0.05, 0.1) is 12.6 Å². The summed E-state index contributed by atoms with van der Waals surface area (Å²) in [7, 11) is 0. The monoisotopic (exact) mass is 216 g/mol. The zero-order valence-electron chi connectivity index (χ0n) is 8.90. The molecule has 0 saturated carbocycles. The first-order valence-corrected chi connectivity index (χ1v) is 4.95. The normalized spacial score (nSPS) is 10.1. The number of aromatic amines is 1. The fraction of sp³-hybridized carbons (Fsp3) is 0.182. The summed E-state index contributed by atoms with van der Waals surface area (Å²) >= 11 is 0. The predicted molar refractivity (Wildman–Crippen MR) is 59.9 cm³/mol. The van der Waals surface area contributed by atoms with Crippen LogP contribution in [0.15, 0.2) is 30.6 Å². The van der Waals surface area contributed by atoms with Crippen molar-refractivity contribution in [2.24, 2.45) is 0 Å². The van der Waals surface area contributed by atoms with Crippen LogP contribution in [0.5, 0.6) is 0 Å². The number of hydrogen-bond donors (Lipinski definition) is 2. The molecule has 0 bridgehead atoms. The van der Waals surface area contributed by atoms with Crippen molar-refractivity contribution >= 4 is 11.7 Å². The van der Waals surface area contributed by atoms with Gasteiger partial charge in [-0.2, -0.15) is 5.10 Å². The van der Waals surface area contributed by atoms with Gasteiger partial charge in [-0.05, 0) is 18.6 Å². The number of anilines is 1. The van der Waals surface area contributed by atoms with Gasteiger partial charge in [-0.3, -0.25) is 14.9 Å². The maximum Gasteiger partial charge on any atom is 0.231 e. The highest BCUT2D eigenvalue weighted by Gasteiger charge is 2.05. The van der Waals surface area contributed by atoms with Gasteiger partial charge in [0.25, 0.3) is 0 Å². The van der Waals surface area contributed by atoms with Crippen LogP contribution in [0.25, 0.3) is 0 Å². The van der Waals surface area contributed by atoms with E-state index in [0.717, 1.165) is 11.3 Å². The van der Waals surface area contributed by atoms with Crippen molar-refractivity contribution in [3.63, 3.8) is 0 Å². The Bertz CT molecular complexity index is 461. The van der Waals surface area contributed by atoms with Gasteiger partial charge in [-0.1, -0.05) is 6.07 Å². The molecule has 2 aromatic rings. The second kappa shape index (κ2) is 4.57. The Morgan fingerprint density at radius 3 is 2.94 bits per heavy atom. The van der Waals surface area contributed by atoms with Crippen molar-refractivity contribution in [2.75, 3.05) is 5.32 Å². The van der Waals surface area contributed by atoms with Crippen molar-refractivity contribution in [3.05, 3.63) is 41.9 Å². The number of aromatic nitrogens is 3. The van der Waals surface area contributed by atoms with Crippen LogP contribution in [0.2, 0.25) is 0 Å². The number of carbonyl (C=O) groups is 1. The number of amides is 1. The molecule has 2 N–H and O–H groups in total. The first kappa shape index (κ1) is 10.4. The lowest BCUT2D eigenvalue weighted by Gasteiger charge is -2.02. The van der Waals surface area contributed by atoms with Crippen molar-refractivity contribution in [2.45, 2.75) is 13.3 Å². The van der Waals surface area contributed by atoms with E-state index in [2.05, 4.69) is 20.5 Å². The molecule has 0 saturated heterocycles. The molecule has 0 aliphatic rings. The molecule has 0 atom stereocenters. The molecule has 0 aliphatic heterocycles. The standard InChI is InChI=1S/C11H12N4O/c1-8-2-3-9(12-7-8)6-11(16)14-10-4-5-13-15-10/h2-5,7H,6H2,1H3,(H2,13,14,15,16). The molecule has 16 heavy (non-hydrogen) atoms. The summed E-state index contributed by atoms with van der Waals surface area (Å²) in [4.78, 5) is 15.7. The average molecular weight is 216 g/mol. The Balaban J connectivity index is 1.95. The Hall–Kier alpha value is -2.17. The van der Waals surface area contributed by atoms with E-state index in [1.54, 1.807) is 18.5 Å². The molecule has 2 heterocycles. The van der Waals surface area contributed by atoms with E-state index >= 15 is 0 Å². The number of aryl methyl sites for hydroxylation is 1. The summed E-state index contributed by atoms with van der Waals surface area (Å²) in [5, 5.41) is 9.09. The second-order valence-electron chi connectivity index (χ2n) is 3.52. The van der Waals surface area contributed by atoms with Crippen LogP contribution < -0.4 is 5.32 Å². The SMILES string of the molecule is Cc1ccc(CC(=O)Nc2ccn[nH]2)nc1. The highest BCUT2D eigenvalue weighted by atomic mass is 16.1. The van der Waals surface area contributed by atoms with Crippen LogP contribution in [0.3, 0.4) is 0 Å². The molecule has 2 aromatic heterocycles. The van der Waals surface area contributed by atoms with Crippen LogP contribution in [0, 0.1) is 6.92 Å². The molecule has 0 spiro atoms. The Morgan fingerprint density at radius 2 is 2.31 bits per heavy atom. The summed E-state index contributed by atoms with van der Waals surface area (Å²) in [6.45, 7) is 1.96. The van der Waals surface area contributed by atoms with Crippen LogP contribution in [-0.2, 0) is 11.2 Å². The molecular weight excluding hydrogens is 204 g/mol. The van der Waals surface area contributed by atoms with Crippen molar-refractivity contribution in [1.82, 2.24) is 15.2 Å². The van der Waals surface area contributed by atoms with Gasteiger partial charge in [0.1, 0.15) is 5.82 Å². The second-order valence-corrected chi connectivity index (χ2v) is 3.52. The third kappa shape index (κ3) is 2.66. The number of carbonyl (C=O) groups excluding carboxylic acids is 1. The maximum absolute atomic E-state index is 11.6. The number of hydrogen-bond acceptors (Lipinski definition) is 3. The third-order valence-electron chi connectivity index (χ3n) is 2.09. The summed E-state index contributed by atoms with van der Waals surface area (Å²) in [5.41, 5.74) is 1.83. The van der Waals surface area contributed by atoms with Gasteiger partial charge in [0.15, 0.2) is 0 Å². The topological polar surface area (TPSA) is 70.7 Å². The van der Waals surface area contributed by atoms with E-state index in [4.69, 9.17) is 0 Å². The zero-order chi connectivity index (χ0) is 11.4. The summed E-state index contributed by atoms with van der Waals surface area (Å²) in [5.74, 6) is 0.484. The van der Waals surface area contributed by atoms with E-state index in [1.165, 1.54) is 0 Å². The molecule has 0 radical (unpaired) electrons. The van der Waals surface area contributed by atoms with E-state index in [0.29, 0.717) is 5.82 Å². The quantitative estimate of drug-likeness (QED) is 0.812. The lowest BCUT2D eigenvalue weighted by atomic mass is 10.2. The largest absolute Gasteiger partial charge is 0.311 e. The highest BCUT2D eigenvalue weighted by Crippen LogP contribution is 2.03. The molecule has 5 heteroatoms. The fourth-order valence-corrected chi connectivity index (χ4v) is 1.29. The van der Waals surface area contributed by atoms with Crippen LogP contribution in [0.4, 0.5) is 5.82 Å². The molecule has 0 aromatic carbocycles. The minimum absolute atomic E-state index is 0.111. The first-order valence-electron chi connectivity index (χ1n) is 4.95. The summed E-state index contributed by atoms with van der Waals surface area (Å²) < 4.78 is 0. The third-order valence-corrected chi connectivity index (χ3v) is 2.09. The number of nitrogens with one attached hydrogen (secondary N) is 2. The first-order chi connectivity index (χ1) is 7.74. The van der Waals surface area contributed by atoms with Gasteiger partial charge in [0, 0.05) is 18.0 Å². The Morgan fingerprint density at radius 1 is 1.44 bits per heavy atom. The summed E-state index contributed by atoms with van der Waals surface area (Å²) in [6.07, 6.45) is 3.60. The fourth-order valence-electron chi connectivity index (χ4n) is 1.29. The van der Waals surface area contributed by atoms with Crippen LogP contribution in [-0.4, -0.2) is 21.1 Å². The van der Waals surface area contributed by atoms with Gasteiger partial charge < -0.3 is 5.32 Å². The number of nitrogens with zero attached hydrogens (tertiary/aromatic N) is 2. The van der Waals surface area contributed by atoms with E-state index < -0.39 is 0 Å². The average Bonchev–Trinajstić information content (AvgIpc) is 2.74. The zero-order valence-corrected chi connectivity index (χ0v) is 8.90. The molecule has 2 rings (SSSR count). The molecule has 5 nitrogen and oxygen atoms in total.